The first kappa shape index (κ1) is 15.7. The molecule has 128 valence electrons. The smallest absolute Gasteiger partial charge is 0.216 e. The summed E-state index contributed by atoms with van der Waals surface area (Å²) in [6.45, 7) is 2.06. The van der Waals surface area contributed by atoms with Crippen molar-refractivity contribution >= 4 is 26.9 Å². The first-order chi connectivity index (χ1) is 11.6. The molecule has 0 spiro atoms. The van der Waals surface area contributed by atoms with Gasteiger partial charge >= 0.3 is 0 Å². The second-order valence-electron chi connectivity index (χ2n) is 6.56. The highest BCUT2D eigenvalue weighted by molar-refractivity contribution is 7.90. The van der Waals surface area contributed by atoms with Crippen molar-refractivity contribution in [2.75, 3.05) is 25.0 Å². The zero-order valence-electron chi connectivity index (χ0n) is 13.4. The first-order valence-electron chi connectivity index (χ1n) is 8.43. The number of nitrogens with one attached hydrogen (secondary N) is 1. The molecule has 2 fully saturated rings. The monoisotopic (exact) mass is 347 g/mol. The molecule has 2 aromatic rings. The number of aromatic nitrogens is 3. The number of piperidine rings is 1. The van der Waals surface area contributed by atoms with E-state index in [1.807, 2.05) is 12.1 Å². The van der Waals surface area contributed by atoms with E-state index in [2.05, 4.69) is 20.3 Å². The van der Waals surface area contributed by atoms with Gasteiger partial charge in [-0.25, -0.2) is 27.7 Å². The van der Waals surface area contributed by atoms with Crippen LogP contribution in [0.5, 0.6) is 0 Å². The van der Waals surface area contributed by atoms with Gasteiger partial charge in [0.25, 0.3) is 0 Å². The highest BCUT2D eigenvalue weighted by atomic mass is 32.2. The van der Waals surface area contributed by atoms with Crippen LogP contribution in [-0.4, -0.2) is 52.6 Å². The first-order valence-corrected chi connectivity index (χ1v) is 9.93. The van der Waals surface area contributed by atoms with Crippen LogP contribution in [0.1, 0.15) is 25.7 Å². The van der Waals surface area contributed by atoms with Crippen molar-refractivity contribution in [2.24, 2.45) is 5.92 Å². The van der Waals surface area contributed by atoms with Gasteiger partial charge in [0.05, 0.1) is 10.6 Å². The lowest BCUT2D eigenvalue weighted by molar-refractivity contribution is 0.282. The van der Waals surface area contributed by atoms with Crippen molar-refractivity contribution in [1.29, 1.82) is 0 Å². The van der Waals surface area contributed by atoms with Crippen molar-refractivity contribution in [3.63, 3.8) is 0 Å². The molecule has 0 atom stereocenters. The molecule has 0 bridgehead atoms. The van der Waals surface area contributed by atoms with Gasteiger partial charge < -0.3 is 5.32 Å². The molecule has 8 heteroatoms. The van der Waals surface area contributed by atoms with Crippen LogP contribution in [-0.2, 0) is 10.0 Å². The normalized spacial score (nSPS) is 20.3. The lowest BCUT2D eigenvalue weighted by atomic mass is 9.98. The fourth-order valence-corrected chi connectivity index (χ4v) is 5.10. The fourth-order valence-electron chi connectivity index (χ4n) is 3.22. The van der Waals surface area contributed by atoms with Gasteiger partial charge in [-0.2, -0.15) is 0 Å². The third-order valence-electron chi connectivity index (χ3n) is 4.85. The standard InChI is InChI=1S/C16H21N5O2S/c22-24(23,13-3-4-13)21-8-5-12(6-9-21)10-18-16-14-2-1-7-17-15(14)19-11-20-16/h1-2,7,11-13H,3-6,8-10H2,(H,17,18,19,20). The summed E-state index contributed by atoms with van der Waals surface area (Å²) < 4.78 is 26.2. The summed E-state index contributed by atoms with van der Waals surface area (Å²) >= 11 is 0. The van der Waals surface area contributed by atoms with Crippen molar-refractivity contribution in [2.45, 2.75) is 30.9 Å². The van der Waals surface area contributed by atoms with E-state index in [1.165, 1.54) is 6.33 Å². The molecule has 0 aromatic carbocycles. The summed E-state index contributed by atoms with van der Waals surface area (Å²) in [6, 6.07) is 3.83. The molecule has 24 heavy (non-hydrogen) atoms. The summed E-state index contributed by atoms with van der Waals surface area (Å²) in [6.07, 6.45) is 6.68. The zero-order chi connectivity index (χ0) is 16.6. The summed E-state index contributed by atoms with van der Waals surface area (Å²) in [5.41, 5.74) is 0.681. The molecule has 0 amide bonds. The average molecular weight is 347 g/mol. The minimum Gasteiger partial charge on any atom is -0.369 e. The van der Waals surface area contributed by atoms with Crippen LogP contribution >= 0.6 is 0 Å². The summed E-state index contributed by atoms with van der Waals surface area (Å²) in [5.74, 6) is 1.25. The lowest BCUT2D eigenvalue weighted by Crippen LogP contribution is -2.41. The molecule has 2 aliphatic rings. The zero-order valence-corrected chi connectivity index (χ0v) is 14.2. The Hall–Kier alpha value is -1.80. The Morgan fingerprint density at radius 1 is 1.12 bits per heavy atom. The van der Waals surface area contributed by atoms with Crippen LogP contribution in [0.25, 0.3) is 11.0 Å². The molecule has 0 unspecified atom stereocenters. The number of hydrogen-bond donors (Lipinski definition) is 1. The highest BCUT2D eigenvalue weighted by Gasteiger charge is 2.41. The minimum absolute atomic E-state index is 0.105. The van der Waals surface area contributed by atoms with Gasteiger partial charge in [-0.05, 0) is 43.7 Å². The molecular weight excluding hydrogens is 326 g/mol. The molecule has 1 saturated heterocycles. The number of pyridine rings is 1. The maximum Gasteiger partial charge on any atom is 0.216 e. The molecule has 7 nitrogen and oxygen atoms in total. The molecule has 0 radical (unpaired) electrons. The number of sulfonamides is 1. The van der Waals surface area contributed by atoms with E-state index in [0.717, 1.165) is 43.4 Å². The lowest BCUT2D eigenvalue weighted by Gasteiger charge is -2.31. The van der Waals surface area contributed by atoms with Crippen LogP contribution < -0.4 is 5.32 Å². The number of hydrogen-bond acceptors (Lipinski definition) is 6. The Morgan fingerprint density at radius 2 is 1.92 bits per heavy atom. The Kier molecular flexibility index (Phi) is 4.09. The van der Waals surface area contributed by atoms with E-state index in [0.29, 0.717) is 24.7 Å². The Bertz CT molecular complexity index is 824. The van der Waals surface area contributed by atoms with Gasteiger partial charge in [0.15, 0.2) is 5.65 Å². The van der Waals surface area contributed by atoms with Crippen molar-refractivity contribution in [1.82, 2.24) is 19.3 Å². The maximum atomic E-state index is 12.3. The molecule has 3 heterocycles. The predicted molar refractivity (Wildman–Crippen MR) is 92.1 cm³/mol. The number of fused-ring (bicyclic) bond motifs is 1. The number of nitrogens with zero attached hydrogens (tertiary/aromatic N) is 4. The molecule has 2 aromatic heterocycles. The summed E-state index contributed by atoms with van der Waals surface area (Å²) in [4.78, 5) is 12.7. The van der Waals surface area contributed by atoms with E-state index in [1.54, 1.807) is 10.5 Å². The fraction of sp³-hybridized carbons (Fsp3) is 0.562. The second-order valence-corrected chi connectivity index (χ2v) is 8.78. The van der Waals surface area contributed by atoms with E-state index in [-0.39, 0.29) is 5.25 Å². The third kappa shape index (κ3) is 3.08. The summed E-state index contributed by atoms with van der Waals surface area (Å²) in [5, 5.41) is 4.19. The van der Waals surface area contributed by atoms with E-state index >= 15 is 0 Å². The largest absolute Gasteiger partial charge is 0.369 e. The van der Waals surface area contributed by atoms with Crippen LogP contribution in [0.4, 0.5) is 5.82 Å². The van der Waals surface area contributed by atoms with Crippen LogP contribution in [0, 0.1) is 5.92 Å². The average Bonchev–Trinajstić information content (AvgIpc) is 3.46. The minimum atomic E-state index is -3.02. The third-order valence-corrected chi connectivity index (χ3v) is 7.24. The van der Waals surface area contributed by atoms with Gasteiger partial charge in [-0.15, -0.1) is 0 Å². The van der Waals surface area contributed by atoms with Gasteiger partial charge in [0.2, 0.25) is 10.0 Å². The van der Waals surface area contributed by atoms with Crippen LogP contribution in [0.2, 0.25) is 0 Å². The maximum absolute atomic E-state index is 12.3. The molecule has 4 rings (SSSR count). The number of rotatable bonds is 5. The Labute approximate surface area is 141 Å². The molecule has 1 aliphatic carbocycles. The quantitative estimate of drug-likeness (QED) is 0.885. The van der Waals surface area contributed by atoms with Gasteiger partial charge in [0, 0.05) is 25.8 Å². The topological polar surface area (TPSA) is 88.1 Å². The van der Waals surface area contributed by atoms with Crippen LogP contribution in [0.3, 0.4) is 0 Å². The van der Waals surface area contributed by atoms with Crippen LogP contribution in [0.15, 0.2) is 24.7 Å². The van der Waals surface area contributed by atoms with Crippen molar-refractivity contribution in [3.05, 3.63) is 24.7 Å². The SMILES string of the molecule is O=S(=O)(C1CC1)N1CCC(CNc2ncnc3ncccc23)CC1. The van der Waals surface area contributed by atoms with E-state index in [4.69, 9.17) is 0 Å². The Balaban J connectivity index is 1.36. The van der Waals surface area contributed by atoms with Crippen molar-refractivity contribution in [3.8, 4) is 0 Å². The second kappa shape index (κ2) is 6.25. The predicted octanol–water partition coefficient (Wildman–Crippen LogP) is 1.64. The molecule has 1 N–H and O–H groups in total. The van der Waals surface area contributed by atoms with E-state index in [9.17, 15) is 8.42 Å². The molecule has 1 saturated carbocycles. The van der Waals surface area contributed by atoms with Crippen molar-refractivity contribution < 1.29 is 8.42 Å². The number of anilines is 1. The Morgan fingerprint density at radius 3 is 2.67 bits per heavy atom. The highest BCUT2D eigenvalue weighted by Crippen LogP contribution is 2.33. The molecular formula is C16H21N5O2S. The van der Waals surface area contributed by atoms with E-state index < -0.39 is 10.0 Å². The van der Waals surface area contributed by atoms with Gasteiger partial charge in [-0.3, -0.25) is 0 Å². The molecule has 1 aliphatic heterocycles. The van der Waals surface area contributed by atoms with Gasteiger partial charge in [-0.1, -0.05) is 0 Å². The van der Waals surface area contributed by atoms with Gasteiger partial charge in [0.1, 0.15) is 12.1 Å². The summed E-state index contributed by atoms with van der Waals surface area (Å²) in [7, 11) is -3.02.